The highest BCUT2D eigenvalue weighted by Gasteiger charge is 2.21. The second kappa shape index (κ2) is 7.48. The molecular weight excluding hydrogens is 330 g/mol. The van der Waals surface area contributed by atoms with Crippen molar-refractivity contribution in [2.75, 3.05) is 26.3 Å². The van der Waals surface area contributed by atoms with Crippen molar-refractivity contribution in [3.63, 3.8) is 0 Å². The lowest BCUT2D eigenvalue weighted by atomic mass is 10.0. The number of benzene rings is 1. The van der Waals surface area contributed by atoms with Crippen LogP contribution >= 0.6 is 27.5 Å². The Morgan fingerprint density at radius 3 is 3.00 bits per heavy atom. The molecule has 1 atom stereocenters. The lowest BCUT2D eigenvalue weighted by Gasteiger charge is -2.34. The summed E-state index contributed by atoms with van der Waals surface area (Å²) in [7, 11) is 0. The van der Waals surface area contributed by atoms with Gasteiger partial charge in [-0.2, -0.15) is 0 Å². The summed E-state index contributed by atoms with van der Waals surface area (Å²) in [5, 5.41) is 10.0. The van der Waals surface area contributed by atoms with Crippen LogP contribution in [0.25, 0.3) is 0 Å². The Morgan fingerprint density at radius 2 is 2.26 bits per heavy atom. The zero-order valence-electron chi connectivity index (χ0n) is 10.8. The van der Waals surface area contributed by atoms with Gasteiger partial charge in [0.25, 0.3) is 0 Å². The minimum absolute atomic E-state index is 0.241. The molecule has 106 valence electrons. The third-order valence-corrected chi connectivity index (χ3v) is 4.34. The van der Waals surface area contributed by atoms with Gasteiger partial charge >= 0.3 is 0 Å². The Morgan fingerprint density at radius 1 is 1.42 bits per heavy atom. The molecule has 0 aliphatic carbocycles. The normalized spacial score (nSPS) is 20.5. The Kier molecular flexibility index (Phi) is 5.95. The minimum atomic E-state index is 0.241. The SMILES string of the molecule is OCC1CCCCN1CCOc1ccc(Cl)cc1Br. The van der Waals surface area contributed by atoms with Crippen LogP contribution in [0.1, 0.15) is 19.3 Å². The molecule has 1 aliphatic rings. The first-order valence-electron chi connectivity index (χ1n) is 6.63. The second-order valence-electron chi connectivity index (χ2n) is 4.79. The van der Waals surface area contributed by atoms with Crippen molar-refractivity contribution < 1.29 is 9.84 Å². The van der Waals surface area contributed by atoms with E-state index in [4.69, 9.17) is 16.3 Å². The third kappa shape index (κ3) is 4.35. The summed E-state index contributed by atoms with van der Waals surface area (Å²) in [6, 6.07) is 5.81. The van der Waals surface area contributed by atoms with Crippen LogP contribution in [0.3, 0.4) is 0 Å². The Hall–Kier alpha value is -0.290. The molecule has 1 aliphatic heterocycles. The van der Waals surface area contributed by atoms with Crippen molar-refractivity contribution in [3.05, 3.63) is 27.7 Å². The Bertz CT molecular complexity index is 416. The fourth-order valence-electron chi connectivity index (χ4n) is 2.43. The van der Waals surface area contributed by atoms with Crippen LogP contribution in [-0.4, -0.2) is 42.4 Å². The molecule has 2 rings (SSSR count). The van der Waals surface area contributed by atoms with Crippen molar-refractivity contribution in [1.82, 2.24) is 4.90 Å². The van der Waals surface area contributed by atoms with E-state index in [9.17, 15) is 5.11 Å². The van der Waals surface area contributed by atoms with Crippen molar-refractivity contribution in [2.24, 2.45) is 0 Å². The van der Waals surface area contributed by atoms with E-state index in [0.717, 1.165) is 29.7 Å². The number of aliphatic hydroxyl groups excluding tert-OH is 1. The van der Waals surface area contributed by atoms with Gasteiger partial charge in [0, 0.05) is 17.6 Å². The van der Waals surface area contributed by atoms with Crippen LogP contribution in [0.15, 0.2) is 22.7 Å². The zero-order chi connectivity index (χ0) is 13.7. The second-order valence-corrected chi connectivity index (χ2v) is 6.08. The molecule has 1 aromatic carbocycles. The lowest BCUT2D eigenvalue weighted by molar-refractivity contribution is 0.0772. The first-order valence-corrected chi connectivity index (χ1v) is 7.80. The average molecular weight is 349 g/mol. The first kappa shape index (κ1) is 15.1. The number of likely N-dealkylation sites (tertiary alicyclic amines) is 1. The summed E-state index contributed by atoms with van der Waals surface area (Å²) in [6.45, 7) is 2.76. The molecule has 1 fully saturated rings. The fourth-order valence-corrected chi connectivity index (χ4v) is 3.22. The highest BCUT2D eigenvalue weighted by atomic mass is 79.9. The molecule has 19 heavy (non-hydrogen) atoms. The number of nitrogens with zero attached hydrogens (tertiary/aromatic N) is 1. The van der Waals surface area contributed by atoms with Gasteiger partial charge in [0.1, 0.15) is 12.4 Å². The summed E-state index contributed by atoms with van der Waals surface area (Å²) in [5.41, 5.74) is 0. The molecule has 1 heterocycles. The summed E-state index contributed by atoms with van der Waals surface area (Å²) >= 11 is 9.32. The van der Waals surface area contributed by atoms with Crippen molar-refractivity contribution in [2.45, 2.75) is 25.3 Å². The smallest absolute Gasteiger partial charge is 0.133 e. The van der Waals surface area contributed by atoms with Crippen LogP contribution in [0.2, 0.25) is 5.02 Å². The van der Waals surface area contributed by atoms with Gasteiger partial charge in [-0.05, 0) is 53.5 Å². The van der Waals surface area contributed by atoms with Crippen molar-refractivity contribution >= 4 is 27.5 Å². The minimum Gasteiger partial charge on any atom is -0.491 e. The predicted octanol–water partition coefficient (Wildman–Crippen LogP) is 3.33. The van der Waals surface area contributed by atoms with Crippen LogP contribution in [0.5, 0.6) is 5.75 Å². The van der Waals surface area contributed by atoms with Gasteiger partial charge in [-0.3, -0.25) is 4.90 Å². The molecule has 0 amide bonds. The van der Waals surface area contributed by atoms with E-state index in [1.165, 1.54) is 12.8 Å². The quantitative estimate of drug-likeness (QED) is 0.886. The van der Waals surface area contributed by atoms with Crippen LogP contribution < -0.4 is 4.74 Å². The molecule has 3 nitrogen and oxygen atoms in total. The van der Waals surface area contributed by atoms with Gasteiger partial charge < -0.3 is 9.84 Å². The van der Waals surface area contributed by atoms with Crippen LogP contribution in [0, 0.1) is 0 Å². The summed E-state index contributed by atoms with van der Waals surface area (Å²) < 4.78 is 6.63. The van der Waals surface area contributed by atoms with Gasteiger partial charge in [-0.15, -0.1) is 0 Å². The van der Waals surface area contributed by atoms with E-state index in [2.05, 4.69) is 20.8 Å². The number of halogens is 2. The average Bonchev–Trinajstić information content (AvgIpc) is 2.42. The number of ether oxygens (including phenoxy) is 1. The number of piperidine rings is 1. The first-order chi connectivity index (χ1) is 9.20. The molecule has 1 aromatic rings. The summed E-state index contributed by atoms with van der Waals surface area (Å²) in [4.78, 5) is 2.31. The number of hydrogen-bond donors (Lipinski definition) is 1. The van der Waals surface area contributed by atoms with E-state index in [0.29, 0.717) is 17.7 Å². The molecule has 0 saturated carbocycles. The monoisotopic (exact) mass is 347 g/mol. The fraction of sp³-hybridized carbons (Fsp3) is 0.571. The van der Waals surface area contributed by atoms with Gasteiger partial charge in [-0.1, -0.05) is 18.0 Å². The van der Waals surface area contributed by atoms with Crippen LogP contribution in [-0.2, 0) is 0 Å². The van der Waals surface area contributed by atoms with Gasteiger partial charge in [0.15, 0.2) is 0 Å². The Balaban J connectivity index is 1.82. The molecule has 0 spiro atoms. The van der Waals surface area contributed by atoms with E-state index in [-0.39, 0.29) is 6.61 Å². The van der Waals surface area contributed by atoms with Crippen molar-refractivity contribution in [1.29, 1.82) is 0 Å². The lowest BCUT2D eigenvalue weighted by Crippen LogP contribution is -2.43. The number of rotatable bonds is 5. The molecule has 1 N–H and O–H groups in total. The maximum Gasteiger partial charge on any atom is 0.133 e. The van der Waals surface area contributed by atoms with E-state index < -0.39 is 0 Å². The largest absolute Gasteiger partial charge is 0.491 e. The number of aliphatic hydroxyl groups is 1. The standard InChI is InChI=1S/C14H19BrClNO2/c15-13-9-11(16)4-5-14(13)19-8-7-17-6-2-1-3-12(17)10-18/h4-5,9,12,18H,1-3,6-8,10H2. The maximum atomic E-state index is 9.35. The summed E-state index contributed by atoms with van der Waals surface area (Å²) in [5.74, 6) is 0.807. The van der Waals surface area contributed by atoms with Gasteiger partial charge in [0.2, 0.25) is 0 Å². The molecule has 1 saturated heterocycles. The Labute approximate surface area is 127 Å². The van der Waals surface area contributed by atoms with Crippen LogP contribution in [0.4, 0.5) is 0 Å². The van der Waals surface area contributed by atoms with Gasteiger partial charge in [0.05, 0.1) is 11.1 Å². The van der Waals surface area contributed by atoms with E-state index in [1.807, 2.05) is 18.2 Å². The molecule has 5 heteroatoms. The highest BCUT2D eigenvalue weighted by molar-refractivity contribution is 9.10. The third-order valence-electron chi connectivity index (χ3n) is 3.49. The highest BCUT2D eigenvalue weighted by Crippen LogP contribution is 2.28. The molecular formula is C14H19BrClNO2. The van der Waals surface area contributed by atoms with E-state index in [1.54, 1.807) is 0 Å². The van der Waals surface area contributed by atoms with E-state index >= 15 is 0 Å². The predicted molar refractivity (Wildman–Crippen MR) is 80.9 cm³/mol. The summed E-state index contributed by atoms with van der Waals surface area (Å²) in [6.07, 6.45) is 3.51. The van der Waals surface area contributed by atoms with Crippen molar-refractivity contribution in [3.8, 4) is 5.75 Å². The molecule has 0 radical (unpaired) electrons. The van der Waals surface area contributed by atoms with Gasteiger partial charge in [-0.25, -0.2) is 0 Å². The zero-order valence-corrected chi connectivity index (χ0v) is 13.2. The maximum absolute atomic E-state index is 9.35. The number of hydrogen-bond acceptors (Lipinski definition) is 3. The topological polar surface area (TPSA) is 32.7 Å². The molecule has 0 aromatic heterocycles. The molecule has 0 bridgehead atoms. The molecule has 1 unspecified atom stereocenters.